The molecule has 0 fully saturated rings. The Morgan fingerprint density at radius 2 is 1.71 bits per heavy atom. The van der Waals surface area contributed by atoms with E-state index in [1.165, 1.54) is 13.3 Å². The van der Waals surface area contributed by atoms with E-state index in [1.54, 1.807) is 30.3 Å². The van der Waals surface area contributed by atoms with Crippen molar-refractivity contribution in [1.82, 2.24) is 9.97 Å². The van der Waals surface area contributed by atoms with E-state index in [9.17, 15) is 9.90 Å². The van der Waals surface area contributed by atoms with Crippen LogP contribution in [0.4, 0.5) is 0 Å². The minimum atomic E-state index is -1.14. The molecule has 0 aliphatic carbocycles. The summed E-state index contributed by atoms with van der Waals surface area (Å²) in [4.78, 5) is 19.9. The summed E-state index contributed by atoms with van der Waals surface area (Å²) in [6, 6.07) is 15.9. The average Bonchev–Trinajstić information content (AvgIpc) is 2.69. The third-order valence-electron chi connectivity index (χ3n) is 3.76. The zero-order chi connectivity index (χ0) is 19.9. The van der Waals surface area contributed by atoms with Gasteiger partial charge in [0.1, 0.15) is 17.1 Å². The van der Waals surface area contributed by atoms with Crippen LogP contribution < -0.4 is 9.47 Å². The summed E-state index contributed by atoms with van der Waals surface area (Å²) in [7, 11) is 1.38. The number of hydrogen-bond acceptors (Lipinski definition) is 6. The highest BCUT2D eigenvalue weighted by atomic mass is 16.5. The standard InChI is InChI=1S/C21H18N2O5/c1-14-7-3-5-9-17(14)28-21-22-12-11-19(23-21)27-18-10-6-4-8-15(18)16(13-26-2)20(24)25/h3-13H,1-2H3,(H,24,25). The maximum absolute atomic E-state index is 11.5. The molecule has 0 saturated carbocycles. The fraction of sp³-hybridized carbons (Fsp3) is 0.0952. The van der Waals surface area contributed by atoms with Gasteiger partial charge in [0.05, 0.1) is 13.4 Å². The van der Waals surface area contributed by atoms with Crippen molar-refractivity contribution in [3.8, 4) is 23.4 Å². The molecule has 28 heavy (non-hydrogen) atoms. The molecule has 1 heterocycles. The molecular formula is C21H18N2O5. The number of hydrogen-bond donors (Lipinski definition) is 1. The molecule has 0 spiro atoms. The molecule has 0 saturated heterocycles. The van der Waals surface area contributed by atoms with Gasteiger partial charge in [0.2, 0.25) is 5.88 Å². The van der Waals surface area contributed by atoms with Crippen LogP contribution in [-0.4, -0.2) is 28.2 Å². The summed E-state index contributed by atoms with van der Waals surface area (Å²) in [6.45, 7) is 1.92. The highest BCUT2D eigenvalue weighted by molar-refractivity contribution is 6.15. The van der Waals surface area contributed by atoms with E-state index in [0.717, 1.165) is 11.8 Å². The molecule has 142 valence electrons. The maximum Gasteiger partial charge on any atom is 0.339 e. The van der Waals surface area contributed by atoms with Gasteiger partial charge in [-0.05, 0) is 24.6 Å². The molecule has 7 nitrogen and oxygen atoms in total. The number of carboxylic acid groups (broad SMARTS) is 1. The predicted octanol–water partition coefficient (Wildman–Crippen LogP) is 4.44. The second-order valence-corrected chi connectivity index (χ2v) is 5.72. The van der Waals surface area contributed by atoms with Crippen LogP contribution in [0, 0.1) is 6.92 Å². The van der Waals surface area contributed by atoms with E-state index >= 15 is 0 Å². The van der Waals surface area contributed by atoms with E-state index in [-0.39, 0.29) is 17.5 Å². The van der Waals surface area contributed by atoms with Gasteiger partial charge in [0.15, 0.2) is 0 Å². The fourth-order valence-corrected chi connectivity index (χ4v) is 2.44. The number of nitrogens with zero attached hydrogens (tertiary/aromatic N) is 2. The third kappa shape index (κ3) is 4.45. The molecule has 0 aliphatic heterocycles. The number of benzene rings is 2. The second-order valence-electron chi connectivity index (χ2n) is 5.72. The lowest BCUT2D eigenvalue weighted by molar-refractivity contribution is -0.130. The van der Waals surface area contributed by atoms with Crippen LogP contribution in [0.1, 0.15) is 11.1 Å². The highest BCUT2D eigenvalue weighted by Gasteiger charge is 2.17. The number of para-hydroxylation sites is 2. The first kappa shape index (κ1) is 18.9. The Hall–Kier alpha value is -3.87. The molecule has 0 amide bonds. The van der Waals surface area contributed by atoms with Crippen molar-refractivity contribution in [3.05, 3.63) is 78.2 Å². The van der Waals surface area contributed by atoms with E-state index in [0.29, 0.717) is 17.1 Å². The Bertz CT molecular complexity index is 1020. The lowest BCUT2D eigenvalue weighted by Gasteiger charge is -2.12. The minimum absolute atomic E-state index is 0.0384. The first-order valence-corrected chi connectivity index (χ1v) is 8.38. The smallest absolute Gasteiger partial charge is 0.339 e. The van der Waals surface area contributed by atoms with Crippen molar-refractivity contribution in [1.29, 1.82) is 0 Å². The van der Waals surface area contributed by atoms with E-state index < -0.39 is 5.97 Å². The van der Waals surface area contributed by atoms with Crippen LogP contribution in [0.3, 0.4) is 0 Å². The largest absolute Gasteiger partial charge is 0.503 e. The molecule has 0 bridgehead atoms. The second kappa shape index (κ2) is 8.68. The van der Waals surface area contributed by atoms with Crippen molar-refractivity contribution in [2.24, 2.45) is 0 Å². The first-order valence-electron chi connectivity index (χ1n) is 8.38. The summed E-state index contributed by atoms with van der Waals surface area (Å²) < 4.78 is 16.4. The predicted molar refractivity (Wildman–Crippen MR) is 102 cm³/mol. The Morgan fingerprint density at radius 1 is 1.00 bits per heavy atom. The van der Waals surface area contributed by atoms with Crippen LogP contribution in [-0.2, 0) is 9.53 Å². The van der Waals surface area contributed by atoms with Gasteiger partial charge in [-0.15, -0.1) is 0 Å². The van der Waals surface area contributed by atoms with E-state index in [4.69, 9.17) is 14.2 Å². The van der Waals surface area contributed by atoms with Crippen molar-refractivity contribution in [3.63, 3.8) is 0 Å². The molecule has 0 unspecified atom stereocenters. The van der Waals surface area contributed by atoms with Crippen molar-refractivity contribution in [2.45, 2.75) is 6.92 Å². The van der Waals surface area contributed by atoms with Gasteiger partial charge in [-0.2, -0.15) is 4.98 Å². The van der Waals surface area contributed by atoms with Crippen molar-refractivity contribution < 1.29 is 24.1 Å². The molecule has 3 rings (SSSR count). The van der Waals surface area contributed by atoms with Gasteiger partial charge in [-0.25, -0.2) is 9.78 Å². The molecule has 1 aromatic heterocycles. The van der Waals surface area contributed by atoms with Gasteiger partial charge in [-0.1, -0.05) is 36.4 Å². The van der Waals surface area contributed by atoms with Crippen LogP contribution in [0.25, 0.3) is 5.57 Å². The molecule has 0 aliphatic rings. The van der Waals surface area contributed by atoms with E-state index in [1.807, 2.05) is 31.2 Å². The highest BCUT2D eigenvalue weighted by Crippen LogP contribution is 2.30. The van der Waals surface area contributed by atoms with Gasteiger partial charge < -0.3 is 19.3 Å². The van der Waals surface area contributed by atoms with Crippen molar-refractivity contribution >= 4 is 11.5 Å². The van der Waals surface area contributed by atoms with Gasteiger partial charge in [0.25, 0.3) is 0 Å². The normalized spacial score (nSPS) is 11.0. The zero-order valence-corrected chi connectivity index (χ0v) is 15.3. The molecular weight excluding hydrogens is 360 g/mol. The number of aryl methyl sites for hydroxylation is 1. The number of rotatable bonds is 7. The number of methoxy groups -OCH3 is 1. The number of carboxylic acids is 1. The number of aliphatic carboxylic acids is 1. The third-order valence-corrected chi connectivity index (χ3v) is 3.76. The molecule has 0 atom stereocenters. The molecule has 2 aromatic carbocycles. The molecule has 0 radical (unpaired) electrons. The molecule has 7 heteroatoms. The molecule has 3 aromatic rings. The average molecular weight is 378 g/mol. The Balaban J connectivity index is 1.88. The van der Waals surface area contributed by atoms with Gasteiger partial charge in [-0.3, -0.25) is 0 Å². The van der Waals surface area contributed by atoms with Gasteiger partial charge >= 0.3 is 12.0 Å². The van der Waals surface area contributed by atoms with Gasteiger partial charge in [0, 0.05) is 17.8 Å². The van der Waals surface area contributed by atoms with Crippen LogP contribution in [0.5, 0.6) is 23.4 Å². The number of carbonyl (C=O) groups is 1. The Kier molecular flexibility index (Phi) is 5.86. The maximum atomic E-state index is 11.5. The Labute approximate surface area is 161 Å². The summed E-state index contributed by atoms with van der Waals surface area (Å²) >= 11 is 0. The summed E-state index contributed by atoms with van der Waals surface area (Å²) in [6.07, 6.45) is 2.65. The number of ether oxygens (including phenoxy) is 3. The van der Waals surface area contributed by atoms with Crippen LogP contribution in [0.15, 0.2) is 67.1 Å². The minimum Gasteiger partial charge on any atom is -0.503 e. The van der Waals surface area contributed by atoms with Crippen molar-refractivity contribution in [2.75, 3.05) is 7.11 Å². The van der Waals surface area contributed by atoms with E-state index in [2.05, 4.69) is 9.97 Å². The quantitative estimate of drug-likeness (QED) is 0.480. The van der Waals surface area contributed by atoms with Crippen LogP contribution >= 0.6 is 0 Å². The monoisotopic (exact) mass is 378 g/mol. The lowest BCUT2D eigenvalue weighted by atomic mass is 10.1. The zero-order valence-electron chi connectivity index (χ0n) is 15.3. The summed E-state index contributed by atoms with van der Waals surface area (Å²) in [5.74, 6) is 0.0299. The molecule has 1 N–H and O–H groups in total. The number of aromatic nitrogens is 2. The summed E-state index contributed by atoms with van der Waals surface area (Å²) in [5.41, 5.74) is 1.26. The summed E-state index contributed by atoms with van der Waals surface area (Å²) in [5, 5.41) is 9.43. The fourth-order valence-electron chi connectivity index (χ4n) is 2.44. The Morgan fingerprint density at radius 3 is 2.43 bits per heavy atom. The lowest BCUT2D eigenvalue weighted by Crippen LogP contribution is -2.03. The SMILES string of the molecule is COC=C(C(=O)O)c1ccccc1Oc1ccnc(Oc2ccccc2C)n1. The van der Waals surface area contributed by atoms with Crippen LogP contribution in [0.2, 0.25) is 0 Å². The first-order chi connectivity index (χ1) is 13.6. The topological polar surface area (TPSA) is 90.8 Å².